The summed E-state index contributed by atoms with van der Waals surface area (Å²) in [4.78, 5) is 31.3. The highest BCUT2D eigenvalue weighted by Gasteiger charge is 2.49. The van der Waals surface area contributed by atoms with Crippen LogP contribution in [0.4, 0.5) is 32.0 Å². The molecule has 6 rings (SSSR count). The Labute approximate surface area is 289 Å². The summed E-state index contributed by atoms with van der Waals surface area (Å²) in [6, 6.07) is 27.1. The van der Waals surface area contributed by atoms with Gasteiger partial charge in [-0.2, -0.15) is 26.3 Å². The van der Waals surface area contributed by atoms with Gasteiger partial charge in [-0.05, 0) is 76.9 Å². The molecule has 0 unspecified atom stereocenters. The molecule has 2 amide bonds. The Morgan fingerprint density at radius 1 is 0.784 bits per heavy atom. The highest BCUT2D eigenvalue weighted by atomic mass is 19.4. The number of benzene rings is 4. The number of anilines is 1. The van der Waals surface area contributed by atoms with Crippen LogP contribution in [-0.4, -0.2) is 36.1 Å². The fraction of sp³-hybridized carbons (Fsp3) is 0.205. The van der Waals surface area contributed by atoms with Crippen LogP contribution in [0.2, 0.25) is 0 Å². The predicted molar refractivity (Wildman–Crippen MR) is 180 cm³/mol. The molecule has 0 bridgehead atoms. The summed E-state index contributed by atoms with van der Waals surface area (Å²) in [5, 5.41) is 4.92. The van der Waals surface area contributed by atoms with Crippen LogP contribution in [0.25, 0.3) is 22.3 Å². The van der Waals surface area contributed by atoms with E-state index >= 15 is 0 Å². The Balaban J connectivity index is 1.15. The normalized spacial score (nSPS) is 13.2. The summed E-state index contributed by atoms with van der Waals surface area (Å²) in [6.07, 6.45) is -7.19. The van der Waals surface area contributed by atoms with Gasteiger partial charge in [0, 0.05) is 11.6 Å². The number of carbonyl (C=O) groups is 2. The quantitative estimate of drug-likeness (QED) is 0.112. The van der Waals surface area contributed by atoms with Gasteiger partial charge in [-0.3, -0.25) is 9.59 Å². The number of hydrogen-bond donors (Lipinski definition) is 2. The maximum Gasteiger partial charge on any atom is 0.416 e. The molecule has 0 saturated heterocycles. The number of nitrogens with zero attached hydrogens (tertiary/aromatic N) is 1. The second-order valence-electron chi connectivity index (χ2n) is 12.2. The largest absolute Gasteiger partial charge is 0.478 e. The molecule has 262 valence electrons. The van der Waals surface area contributed by atoms with E-state index in [0.717, 1.165) is 23.3 Å². The Morgan fingerprint density at radius 2 is 1.37 bits per heavy atom. The van der Waals surface area contributed by atoms with E-state index in [-0.39, 0.29) is 24.5 Å². The number of aryl methyl sites for hydroxylation is 1. The van der Waals surface area contributed by atoms with Gasteiger partial charge < -0.3 is 15.4 Å². The topological polar surface area (TPSA) is 80.3 Å². The van der Waals surface area contributed by atoms with Crippen LogP contribution in [0.5, 0.6) is 5.88 Å². The van der Waals surface area contributed by atoms with E-state index in [4.69, 9.17) is 4.74 Å². The van der Waals surface area contributed by atoms with Crippen molar-refractivity contribution in [1.82, 2.24) is 10.3 Å². The van der Waals surface area contributed by atoms with Crippen molar-refractivity contribution in [2.24, 2.45) is 0 Å². The van der Waals surface area contributed by atoms with Gasteiger partial charge in [-0.1, -0.05) is 78.9 Å². The van der Waals surface area contributed by atoms with Crippen molar-refractivity contribution >= 4 is 17.5 Å². The van der Waals surface area contributed by atoms with Gasteiger partial charge in [-0.25, -0.2) is 4.98 Å². The molecule has 0 saturated carbocycles. The summed E-state index contributed by atoms with van der Waals surface area (Å²) in [6.45, 7) is 0.372. The van der Waals surface area contributed by atoms with Gasteiger partial charge in [0.1, 0.15) is 12.0 Å². The number of halogens is 6. The first-order valence-electron chi connectivity index (χ1n) is 16.0. The second-order valence-corrected chi connectivity index (χ2v) is 12.2. The van der Waals surface area contributed by atoms with Crippen molar-refractivity contribution in [2.45, 2.75) is 37.5 Å². The minimum Gasteiger partial charge on any atom is -0.478 e. The Kier molecular flexibility index (Phi) is 9.61. The molecule has 0 atom stereocenters. The number of amides is 2. The summed E-state index contributed by atoms with van der Waals surface area (Å²) < 4.78 is 84.6. The minimum atomic E-state index is -4.58. The minimum absolute atomic E-state index is 0.0945. The van der Waals surface area contributed by atoms with Crippen LogP contribution in [0, 0.1) is 6.92 Å². The molecule has 0 spiro atoms. The van der Waals surface area contributed by atoms with E-state index in [9.17, 15) is 35.9 Å². The van der Waals surface area contributed by atoms with Crippen LogP contribution in [0.1, 0.15) is 45.5 Å². The van der Waals surface area contributed by atoms with Crippen molar-refractivity contribution in [3.63, 3.8) is 0 Å². The van der Waals surface area contributed by atoms with Gasteiger partial charge in [0.2, 0.25) is 11.8 Å². The molecule has 0 aliphatic heterocycles. The highest BCUT2D eigenvalue weighted by molar-refractivity contribution is 6.09. The van der Waals surface area contributed by atoms with Crippen LogP contribution < -0.4 is 15.4 Å². The first-order chi connectivity index (χ1) is 24.3. The number of alkyl halides is 6. The Hall–Kier alpha value is -5.65. The molecule has 4 aromatic carbocycles. The lowest BCUT2D eigenvalue weighted by Gasteiger charge is -2.31. The average Bonchev–Trinajstić information content (AvgIpc) is 3.40. The average molecular weight is 704 g/mol. The number of nitrogens with one attached hydrogen (secondary N) is 2. The van der Waals surface area contributed by atoms with E-state index in [1.807, 2.05) is 24.3 Å². The molecule has 1 aliphatic rings. The summed E-state index contributed by atoms with van der Waals surface area (Å²) in [5.41, 5.74) is 2.80. The van der Waals surface area contributed by atoms with Crippen LogP contribution >= 0.6 is 0 Å². The lowest BCUT2D eigenvalue weighted by Crippen LogP contribution is -2.47. The second kappa shape index (κ2) is 13.9. The molecule has 0 fully saturated rings. The Bertz CT molecular complexity index is 2030. The molecule has 0 radical (unpaired) electrons. The van der Waals surface area contributed by atoms with Gasteiger partial charge in [0.15, 0.2) is 0 Å². The smallest absolute Gasteiger partial charge is 0.416 e. The van der Waals surface area contributed by atoms with Crippen molar-refractivity contribution < 1.29 is 40.7 Å². The summed E-state index contributed by atoms with van der Waals surface area (Å²) in [7, 11) is 0. The molecule has 1 aromatic heterocycles. The molecular formula is C39H31F6N3O3. The SMILES string of the molecule is Cc1cc(OCCCC2(C(=O)NCC(F)(F)F)c3ccccc3-c3ccccc32)ncc1NC(=O)c1ccccc1-c1ccc(C(F)(F)F)cc1. The lowest BCUT2D eigenvalue weighted by molar-refractivity contribution is -0.141. The van der Waals surface area contributed by atoms with Gasteiger partial charge in [-0.15, -0.1) is 0 Å². The predicted octanol–water partition coefficient (Wildman–Crippen LogP) is 9.13. The molecule has 1 heterocycles. The standard InChI is InChI=1S/C39H31F6N3O3/c1-24-21-34(46-22-33(24)48-35(49)30-12-3-2-9-27(30)25-15-17-26(18-16-25)39(43,44)45)51-20-8-19-37(36(50)47-23-38(40,41)42)31-13-6-4-10-28(31)29-11-5-7-14-32(29)37/h2-7,9-18,21-22H,8,19-20,23H2,1H3,(H,47,50)(H,48,49). The van der Waals surface area contributed by atoms with E-state index < -0.39 is 41.7 Å². The number of aromatic nitrogens is 1. The summed E-state index contributed by atoms with van der Waals surface area (Å²) in [5.74, 6) is -1.00. The number of rotatable bonds is 10. The third kappa shape index (κ3) is 7.30. The highest BCUT2D eigenvalue weighted by Crippen LogP contribution is 2.51. The van der Waals surface area contributed by atoms with Crippen LogP contribution in [-0.2, 0) is 16.4 Å². The zero-order valence-electron chi connectivity index (χ0n) is 27.2. The van der Waals surface area contributed by atoms with Gasteiger partial charge in [0.25, 0.3) is 5.91 Å². The molecule has 1 aliphatic carbocycles. The molecule has 5 aromatic rings. The number of fused-ring (bicyclic) bond motifs is 3. The monoisotopic (exact) mass is 703 g/mol. The molecular weight excluding hydrogens is 672 g/mol. The van der Waals surface area contributed by atoms with Crippen molar-refractivity contribution in [3.8, 4) is 28.1 Å². The van der Waals surface area contributed by atoms with Crippen molar-refractivity contribution in [2.75, 3.05) is 18.5 Å². The fourth-order valence-electron chi connectivity index (χ4n) is 6.50. The maximum absolute atomic E-state index is 13.7. The zero-order chi connectivity index (χ0) is 36.4. The van der Waals surface area contributed by atoms with E-state index in [1.165, 1.54) is 18.3 Å². The number of pyridine rings is 1. The summed E-state index contributed by atoms with van der Waals surface area (Å²) >= 11 is 0. The molecule has 12 heteroatoms. The number of ether oxygens (including phenoxy) is 1. The van der Waals surface area contributed by atoms with Crippen LogP contribution in [0.15, 0.2) is 109 Å². The van der Waals surface area contributed by atoms with Crippen LogP contribution in [0.3, 0.4) is 0 Å². The third-order valence-corrected chi connectivity index (χ3v) is 8.88. The third-order valence-electron chi connectivity index (χ3n) is 8.88. The molecule has 51 heavy (non-hydrogen) atoms. The molecule has 6 nitrogen and oxygen atoms in total. The molecule has 2 N–H and O–H groups in total. The number of hydrogen-bond acceptors (Lipinski definition) is 4. The first-order valence-corrected chi connectivity index (χ1v) is 16.0. The number of carbonyl (C=O) groups excluding carboxylic acids is 2. The first kappa shape index (κ1) is 35.2. The van der Waals surface area contributed by atoms with E-state index in [1.54, 1.807) is 61.5 Å². The van der Waals surface area contributed by atoms with E-state index in [2.05, 4.69) is 15.6 Å². The van der Waals surface area contributed by atoms with Crippen molar-refractivity contribution in [3.05, 3.63) is 137 Å². The fourth-order valence-corrected chi connectivity index (χ4v) is 6.50. The lowest BCUT2D eigenvalue weighted by atomic mass is 9.73. The Morgan fingerprint density at radius 3 is 1.96 bits per heavy atom. The van der Waals surface area contributed by atoms with Gasteiger partial charge in [0.05, 0.1) is 24.1 Å². The van der Waals surface area contributed by atoms with E-state index in [0.29, 0.717) is 39.9 Å². The van der Waals surface area contributed by atoms with Crippen molar-refractivity contribution in [1.29, 1.82) is 0 Å². The van der Waals surface area contributed by atoms with Gasteiger partial charge >= 0.3 is 12.4 Å². The maximum atomic E-state index is 13.7. The zero-order valence-corrected chi connectivity index (χ0v) is 27.2.